The molecule has 2 heterocycles. The number of hydrogen-bond acceptors (Lipinski definition) is 7. The van der Waals surface area contributed by atoms with Gasteiger partial charge in [0.1, 0.15) is 11.5 Å². The van der Waals surface area contributed by atoms with Crippen LogP contribution in [0.15, 0.2) is 46.8 Å². The molecule has 0 spiro atoms. The van der Waals surface area contributed by atoms with Crippen molar-refractivity contribution >= 4 is 17.4 Å². The minimum Gasteiger partial charge on any atom is -0.494 e. The molecule has 0 atom stereocenters. The van der Waals surface area contributed by atoms with Gasteiger partial charge in [0.2, 0.25) is 5.75 Å². The number of ether oxygens (including phenoxy) is 2. The van der Waals surface area contributed by atoms with Gasteiger partial charge in [0.25, 0.3) is 11.1 Å². The summed E-state index contributed by atoms with van der Waals surface area (Å²) in [5, 5.41) is 15.1. The van der Waals surface area contributed by atoms with Crippen LogP contribution in [0.3, 0.4) is 0 Å². The number of benzene rings is 1. The molecule has 0 unspecified atom stereocenters. The first kappa shape index (κ1) is 24.5. The van der Waals surface area contributed by atoms with Crippen LogP contribution in [0.5, 0.6) is 11.5 Å². The second kappa shape index (κ2) is 9.80. The third-order valence-electron chi connectivity index (χ3n) is 4.29. The highest BCUT2D eigenvalue weighted by molar-refractivity contribution is 6.30. The summed E-state index contributed by atoms with van der Waals surface area (Å²) < 4.78 is 51.8. The fourth-order valence-corrected chi connectivity index (χ4v) is 3.07. The Morgan fingerprint density at radius 2 is 2.03 bits per heavy atom. The van der Waals surface area contributed by atoms with Gasteiger partial charge in [0, 0.05) is 5.02 Å². The van der Waals surface area contributed by atoms with Gasteiger partial charge in [-0.15, -0.1) is 0 Å². The minimum atomic E-state index is -5.01. The highest BCUT2D eigenvalue weighted by Crippen LogP contribution is 2.35. The first-order valence-corrected chi connectivity index (χ1v) is 9.87. The van der Waals surface area contributed by atoms with Crippen molar-refractivity contribution in [1.82, 2.24) is 19.7 Å². The molecule has 9 nitrogen and oxygen atoms in total. The van der Waals surface area contributed by atoms with Crippen molar-refractivity contribution in [3.05, 3.63) is 85.4 Å². The maximum absolute atomic E-state index is 13.5. The Kier molecular flexibility index (Phi) is 7.07. The van der Waals surface area contributed by atoms with Crippen molar-refractivity contribution in [3.8, 4) is 17.6 Å². The van der Waals surface area contributed by atoms with Crippen LogP contribution in [0, 0.1) is 11.3 Å². The summed E-state index contributed by atoms with van der Waals surface area (Å²) in [6.45, 7) is 5.21. The van der Waals surface area contributed by atoms with Crippen LogP contribution in [0.1, 0.15) is 29.4 Å². The average Bonchev–Trinajstić information content (AvgIpc) is 2.76. The Morgan fingerprint density at radius 1 is 1.29 bits per heavy atom. The fourth-order valence-electron chi connectivity index (χ4n) is 2.84. The smallest absolute Gasteiger partial charge is 0.437 e. The third-order valence-corrected chi connectivity index (χ3v) is 4.51. The molecule has 3 rings (SSSR count). The number of halogens is 4. The summed E-state index contributed by atoms with van der Waals surface area (Å²) >= 11 is 5.87. The van der Waals surface area contributed by atoms with Crippen LogP contribution in [0.25, 0.3) is 5.76 Å². The van der Waals surface area contributed by atoms with Crippen LogP contribution in [0.2, 0.25) is 5.02 Å². The van der Waals surface area contributed by atoms with Crippen molar-refractivity contribution in [2.75, 3.05) is 6.61 Å². The minimum absolute atomic E-state index is 0.0137. The molecule has 0 radical (unpaired) electrons. The quantitative estimate of drug-likeness (QED) is 0.497. The Balaban J connectivity index is 2.07. The summed E-state index contributed by atoms with van der Waals surface area (Å²) in [6.07, 6.45) is -4.33. The van der Waals surface area contributed by atoms with E-state index in [-0.39, 0.29) is 46.5 Å². The number of H-pyrrole nitrogens is 1. The molecule has 176 valence electrons. The lowest BCUT2D eigenvalue weighted by Crippen LogP contribution is -2.27. The second-order valence-electron chi connectivity index (χ2n) is 6.70. The maximum Gasteiger partial charge on any atom is 0.437 e. The highest BCUT2D eigenvalue weighted by atomic mass is 35.5. The molecule has 1 N–H and O–H groups in total. The summed E-state index contributed by atoms with van der Waals surface area (Å²) in [6, 6.07) is 6.62. The molecule has 0 aliphatic carbocycles. The lowest BCUT2D eigenvalue weighted by atomic mass is 10.2. The first-order valence-electron chi connectivity index (χ1n) is 9.49. The maximum atomic E-state index is 13.5. The number of nitrogens with zero attached hydrogens (tertiary/aromatic N) is 4. The van der Waals surface area contributed by atoms with Crippen LogP contribution < -0.4 is 15.9 Å². The summed E-state index contributed by atoms with van der Waals surface area (Å²) in [5.74, 6) is -1.32. The zero-order valence-corrected chi connectivity index (χ0v) is 18.2. The van der Waals surface area contributed by atoms with Gasteiger partial charge in [0.15, 0.2) is 5.69 Å². The molecule has 3 aromatic rings. The van der Waals surface area contributed by atoms with E-state index in [0.29, 0.717) is 6.33 Å². The molecule has 0 aliphatic heterocycles. The van der Waals surface area contributed by atoms with Crippen LogP contribution in [-0.2, 0) is 17.5 Å². The summed E-state index contributed by atoms with van der Waals surface area (Å²) in [5.41, 5.74) is -3.18. The molecule has 2 aromatic heterocycles. The average molecular weight is 494 g/mol. The number of hydrogen-bond donors (Lipinski definition) is 1. The standard InChI is InChI=1S/C21H15ClF3N5O4/c1-3-33-11(2)16-7-14(28-29-19(16)31)9-30-10-27-18(21(23,24)25)17(20(30)32)34-15-5-12(8-26)4-13(22)6-15/h4-7,10H,2-3,9H2,1H3,(H,29,31). The number of alkyl halides is 3. The van der Waals surface area contributed by atoms with Crippen LogP contribution in [0.4, 0.5) is 13.2 Å². The van der Waals surface area contributed by atoms with E-state index in [1.165, 1.54) is 12.1 Å². The van der Waals surface area contributed by atoms with E-state index < -0.39 is 28.7 Å². The molecule has 0 bridgehead atoms. The number of rotatable bonds is 7. The molecule has 0 fully saturated rings. The Morgan fingerprint density at radius 3 is 2.68 bits per heavy atom. The number of nitrogens with one attached hydrogen (secondary N) is 1. The van der Waals surface area contributed by atoms with E-state index in [0.717, 1.165) is 16.7 Å². The predicted octanol–water partition coefficient (Wildman–Crippen LogP) is 3.72. The molecular weight excluding hydrogens is 479 g/mol. The van der Waals surface area contributed by atoms with E-state index in [2.05, 4.69) is 21.8 Å². The van der Waals surface area contributed by atoms with Crippen molar-refractivity contribution in [2.24, 2.45) is 0 Å². The largest absolute Gasteiger partial charge is 0.494 e. The molecule has 0 saturated carbocycles. The normalized spacial score (nSPS) is 11.1. The summed E-state index contributed by atoms with van der Waals surface area (Å²) in [7, 11) is 0. The van der Waals surface area contributed by atoms with Crippen molar-refractivity contribution < 1.29 is 22.6 Å². The molecule has 0 amide bonds. The lowest BCUT2D eigenvalue weighted by molar-refractivity contribution is -0.142. The van der Waals surface area contributed by atoms with Gasteiger partial charge in [-0.3, -0.25) is 14.2 Å². The van der Waals surface area contributed by atoms with Gasteiger partial charge < -0.3 is 9.47 Å². The Bertz CT molecular complexity index is 1410. The molecular formula is C21H15ClF3N5O4. The van der Waals surface area contributed by atoms with Gasteiger partial charge >= 0.3 is 6.18 Å². The highest BCUT2D eigenvalue weighted by Gasteiger charge is 2.38. The SMILES string of the molecule is C=C(OCC)c1cc(Cn2cnc(C(F)(F)F)c(Oc3cc(Cl)cc(C#N)c3)c2=O)n[nH]c1=O. The van der Waals surface area contributed by atoms with Crippen molar-refractivity contribution in [1.29, 1.82) is 5.26 Å². The first-order chi connectivity index (χ1) is 16.0. The zero-order valence-electron chi connectivity index (χ0n) is 17.4. The molecule has 1 aromatic carbocycles. The Labute approximate surface area is 194 Å². The molecule has 13 heteroatoms. The number of aromatic amines is 1. The second-order valence-corrected chi connectivity index (χ2v) is 7.14. The van der Waals surface area contributed by atoms with E-state index in [1.54, 1.807) is 13.0 Å². The van der Waals surface area contributed by atoms with E-state index in [4.69, 9.17) is 26.3 Å². The van der Waals surface area contributed by atoms with E-state index in [9.17, 15) is 22.8 Å². The molecule has 34 heavy (non-hydrogen) atoms. The molecule has 0 saturated heterocycles. The predicted molar refractivity (Wildman–Crippen MR) is 114 cm³/mol. The van der Waals surface area contributed by atoms with E-state index >= 15 is 0 Å². The lowest BCUT2D eigenvalue weighted by Gasteiger charge is -2.15. The van der Waals surface area contributed by atoms with Crippen molar-refractivity contribution in [2.45, 2.75) is 19.6 Å². The van der Waals surface area contributed by atoms with Crippen molar-refractivity contribution in [3.63, 3.8) is 0 Å². The van der Waals surface area contributed by atoms with Gasteiger partial charge in [-0.25, -0.2) is 10.1 Å². The monoisotopic (exact) mass is 493 g/mol. The van der Waals surface area contributed by atoms with Gasteiger partial charge in [0.05, 0.1) is 42.4 Å². The molecule has 0 aliphatic rings. The topological polar surface area (TPSA) is 123 Å². The number of aromatic nitrogens is 4. The van der Waals surface area contributed by atoms with Gasteiger partial charge in [-0.1, -0.05) is 18.2 Å². The van der Waals surface area contributed by atoms with Gasteiger partial charge in [-0.05, 0) is 31.2 Å². The van der Waals surface area contributed by atoms with Gasteiger partial charge in [-0.2, -0.15) is 23.5 Å². The summed E-state index contributed by atoms with van der Waals surface area (Å²) in [4.78, 5) is 28.3. The number of nitriles is 1. The Hall–Kier alpha value is -4.11. The van der Waals surface area contributed by atoms with Crippen LogP contribution >= 0.6 is 11.6 Å². The van der Waals surface area contributed by atoms with E-state index in [1.807, 2.05) is 0 Å². The third kappa shape index (κ3) is 5.44. The zero-order chi connectivity index (χ0) is 25.0. The fraction of sp³-hybridized carbons (Fsp3) is 0.190. The van der Waals surface area contributed by atoms with Crippen LogP contribution in [-0.4, -0.2) is 26.4 Å².